The molecule has 19 heavy (non-hydrogen) atoms. The largest absolute Gasteiger partial charge is 0.465 e. The van der Waals surface area contributed by atoms with E-state index in [2.05, 4.69) is 10.6 Å². The van der Waals surface area contributed by atoms with E-state index in [4.69, 9.17) is 4.42 Å². The zero-order chi connectivity index (χ0) is 13.2. The van der Waals surface area contributed by atoms with Crippen molar-refractivity contribution in [1.82, 2.24) is 5.32 Å². The predicted octanol–water partition coefficient (Wildman–Crippen LogP) is 2.49. The number of furan rings is 1. The summed E-state index contributed by atoms with van der Waals surface area (Å²) in [5, 5.41) is 6.15. The number of fused-ring (bicyclic) bond motifs is 1. The molecule has 0 spiro atoms. The highest BCUT2D eigenvalue weighted by molar-refractivity contribution is 5.95. The van der Waals surface area contributed by atoms with Gasteiger partial charge in [-0.1, -0.05) is 0 Å². The second-order valence-corrected chi connectivity index (χ2v) is 4.74. The van der Waals surface area contributed by atoms with Crippen LogP contribution < -0.4 is 10.6 Å². The molecule has 1 aliphatic heterocycles. The lowest BCUT2D eigenvalue weighted by Gasteiger charge is -2.05. The standard InChI is InChI=1S/C15H16N2O2/c1-10-2-4-13(19-10)9-17-15(18)12-3-5-14-11(8-12)6-7-16-14/h2-5,8,16H,6-7,9H2,1H3,(H,17,18). The second kappa shape index (κ2) is 4.80. The maximum absolute atomic E-state index is 12.1. The summed E-state index contributed by atoms with van der Waals surface area (Å²) >= 11 is 0. The van der Waals surface area contributed by atoms with Gasteiger partial charge in [-0.3, -0.25) is 4.79 Å². The van der Waals surface area contributed by atoms with Crippen molar-refractivity contribution in [2.45, 2.75) is 19.9 Å². The van der Waals surface area contributed by atoms with Gasteiger partial charge in [-0.25, -0.2) is 0 Å². The van der Waals surface area contributed by atoms with Gasteiger partial charge in [0.2, 0.25) is 0 Å². The summed E-state index contributed by atoms with van der Waals surface area (Å²) in [6, 6.07) is 9.54. The second-order valence-electron chi connectivity index (χ2n) is 4.74. The molecule has 2 heterocycles. The summed E-state index contributed by atoms with van der Waals surface area (Å²) in [7, 11) is 0. The van der Waals surface area contributed by atoms with Crippen molar-refractivity contribution in [2.75, 3.05) is 11.9 Å². The molecule has 3 rings (SSSR count). The molecule has 0 fully saturated rings. The van der Waals surface area contributed by atoms with E-state index in [9.17, 15) is 4.79 Å². The molecule has 1 aromatic carbocycles. The number of carbonyl (C=O) groups excluding carboxylic acids is 1. The first-order valence-electron chi connectivity index (χ1n) is 6.43. The van der Waals surface area contributed by atoms with Crippen LogP contribution in [0.5, 0.6) is 0 Å². The average molecular weight is 256 g/mol. The zero-order valence-corrected chi connectivity index (χ0v) is 10.8. The van der Waals surface area contributed by atoms with E-state index in [1.54, 1.807) is 0 Å². The van der Waals surface area contributed by atoms with Crippen molar-refractivity contribution in [1.29, 1.82) is 0 Å². The smallest absolute Gasteiger partial charge is 0.251 e. The molecule has 2 aromatic rings. The molecule has 0 unspecified atom stereocenters. The number of hydrogen-bond donors (Lipinski definition) is 2. The van der Waals surface area contributed by atoms with E-state index < -0.39 is 0 Å². The first kappa shape index (κ1) is 11.8. The predicted molar refractivity (Wildman–Crippen MR) is 73.3 cm³/mol. The molecule has 0 saturated heterocycles. The third-order valence-corrected chi connectivity index (χ3v) is 3.30. The minimum Gasteiger partial charge on any atom is -0.465 e. The molecule has 1 aliphatic rings. The number of hydrogen-bond acceptors (Lipinski definition) is 3. The lowest BCUT2D eigenvalue weighted by molar-refractivity contribution is 0.0948. The van der Waals surface area contributed by atoms with Gasteiger partial charge >= 0.3 is 0 Å². The molecule has 0 atom stereocenters. The van der Waals surface area contributed by atoms with Crippen LogP contribution in [0.1, 0.15) is 27.4 Å². The van der Waals surface area contributed by atoms with Crippen LogP contribution in [-0.4, -0.2) is 12.5 Å². The fraction of sp³-hybridized carbons (Fsp3) is 0.267. The molecule has 1 amide bonds. The maximum atomic E-state index is 12.1. The number of anilines is 1. The lowest BCUT2D eigenvalue weighted by Crippen LogP contribution is -2.22. The van der Waals surface area contributed by atoms with Crippen LogP contribution in [0.3, 0.4) is 0 Å². The first-order valence-corrected chi connectivity index (χ1v) is 6.43. The SMILES string of the molecule is Cc1ccc(CNC(=O)c2ccc3c(c2)CCN3)o1. The van der Waals surface area contributed by atoms with Crippen molar-refractivity contribution in [3.63, 3.8) is 0 Å². The summed E-state index contributed by atoms with van der Waals surface area (Å²) in [6.07, 6.45) is 0.980. The summed E-state index contributed by atoms with van der Waals surface area (Å²) in [4.78, 5) is 12.1. The fourth-order valence-electron chi connectivity index (χ4n) is 2.30. The van der Waals surface area contributed by atoms with Gasteiger partial charge in [-0.2, -0.15) is 0 Å². The molecule has 4 heteroatoms. The van der Waals surface area contributed by atoms with Gasteiger partial charge in [0, 0.05) is 17.8 Å². The van der Waals surface area contributed by atoms with Crippen LogP contribution in [0.25, 0.3) is 0 Å². The quantitative estimate of drug-likeness (QED) is 0.887. The minimum absolute atomic E-state index is 0.0660. The molecule has 4 nitrogen and oxygen atoms in total. The van der Waals surface area contributed by atoms with Gasteiger partial charge in [-0.15, -0.1) is 0 Å². The number of benzene rings is 1. The average Bonchev–Trinajstić information content (AvgIpc) is 3.03. The molecule has 0 radical (unpaired) electrons. The van der Waals surface area contributed by atoms with Gasteiger partial charge in [0.25, 0.3) is 5.91 Å². The Balaban J connectivity index is 1.67. The summed E-state index contributed by atoms with van der Waals surface area (Å²) in [5.41, 5.74) is 3.05. The Morgan fingerprint density at radius 3 is 3.05 bits per heavy atom. The highest BCUT2D eigenvalue weighted by atomic mass is 16.3. The minimum atomic E-state index is -0.0660. The van der Waals surface area contributed by atoms with Gasteiger partial charge in [0.05, 0.1) is 6.54 Å². The first-order chi connectivity index (χ1) is 9.22. The molecule has 2 N–H and O–H groups in total. The van der Waals surface area contributed by atoms with Gasteiger partial charge in [-0.05, 0) is 49.2 Å². The van der Waals surface area contributed by atoms with Crippen LogP contribution in [0.2, 0.25) is 0 Å². The van der Waals surface area contributed by atoms with E-state index in [-0.39, 0.29) is 5.91 Å². The highest BCUT2D eigenvalue weighted by Gasteiger charge is 2.13. The fourth-order valence-corrected chi connectivity index (χ4v) is 2.30. The molecule has 1 aromatic heterocycles. The molecule has 0 aliphatic carbocycles. The number of rotatable bonds is 3. The summed E-state index contributed by atoms with van der Waals surface area (Å²) < 4.78 is 5.42. The van der Waals surface area contributed by atoms with E-state index in [1.807, 2.05) is 37.3 Å². The van der Waals surface area contributed by atoms with E-state index >= 15 is 0 Å². The summed E-state index contributed by atoms with van der Waals surface area (Å²) in [5.74, 6) is 1.56. The molecule has 0 bridgehead atoms. The third-order valence-electron chi connectivity index (χ3n) is 3.30. The Hall–Kier alpha value is -2.23. The van der Waals surface area contributed by atoms with Gasteiger partial charge in [0.15, 0.2) is 0 Å². The van der Waals surface area contributed by atoms with E-state index in [0.29, 0.717) is 12.1 Å². The van der Waals surface area contributed by atoms with Crippen LogP contribution in [0.4, 0.5) is 5.69 Å². The van der Waals surface area contributed by atoms with E-state index in [0.717, 1.165) is 30.2 Å². The zero-order valence-electron chi connectivity index (χ0n) is 10.8. The molecular weight excluding hydrogens is 240 g/mol. The van der Waals surface area contributed by atoms with Crippen LogP contribution >= 0.6 is 0 Å². The Kier molecular flexibility index (Phi) is 2.99. The Bertz CT molecular complexity index is 616. The summed E-state index contributed by atoms with van der Waals surface area (Å²) in [6.45, 7) is 3.26. The van der Waals surface area contributed by atoms with Crippen LogP contribution in [-0.2, 0) is 13.0 Å². The molecule has 98 valence electrons. The van der Waals surface area contributed by atoms with Crippen molar-refractivity contribution in [3.8, 4) is 0 Å². The highest BCUT2D eigenvalue weighted by Crippen LogP contribution is 2.22. The third kappa shape index (κ3) is 2.47. The number of nitrogens with one attached hydrogen (secondary N) is 2. The van der Waals surface area contributed by atoms with Crippen molar-refractivity contribution in [2.24, 2.45) is 0 Å². The molecule has 0 saturated carbocycles. The Morgan fingerprint density at radius 2 is 2.26 bits per heavy atom. The van der Waals surface area contributed by atoms with E-state index in [1.165, 1.54) is 5.56 Å². The normalized spacial score (nSPS) is 12.9. The number of amides is 1. The maximum Gasteiger partial charge on any atom is 0.251 e. The monoisotopic (exact) mass is 256 g/mol. The molecular formula is C15H16N2O2. The topological polar surface area (TPSA) is 54.3 Å². The van der Waals surface area contributed by atoms with Crippen LogP contribution in [0.15, 0.2) is 34.7 Å². The van der Waals surface area contributed by atoms with Crippen molar-refractivity contribution < 1.29 is 9.21 Å². The van der Waals surface area contributed by atoms with Crippen LogP contribution in [0, 0.1) is 6.92 Å². The Morgan fingerprint density at radius 1 is 1.37 bits per heavy atom. The van der Waals surface area contributed by atoms with Gasteiger partial charge in [0.1, 0.15) is 11.5 Å². The number of carbonyl (C=O) groups is 1. The van der Waals surface area contributed by atoms with Crippen molar-refractivity contribution >= 4 is 11.6 Å². The van der Waals surface area contributed by atoms with Crippen molar-refractivity contribution in [3.05, 3.63) is 53.0 Å². The van der Waals surface area contributed by atoms with Gasteiger partial charge < -0.3 is 15.1 Å². The Labute approximate surface area is 111 Å². The number of aryl methyl sites for hydroxylation is 1. The lowest BCUT2D eigenvalue weighted by atomic mass is 10.1.